The second-order valence-electron chi connectivity index (χ2n) is 6.07. The summed E-state index contributed by atoms with van der Waals surface area (Å²) in [6.45, 7) is 0. The Hall–Kier alpha value is -3.48. The van der Waals surface area contributed by atoms with Crippen molar-refractivity contribution in [2.24, 2.45) is 5.73 Å². The number of pyridine rings is 1. The molecular weight excluding hydrogens is 346 g/mol. The number of nitrogens with two attached hydrogens (primary N) is 1. The van der Waals surface area contributed by atoms with Crippen molar-refractivity contribution in [2.75, 3.05) is 33.2 Å². The first-order valence-electron chi connectivity index (χ1n) is 8.24. The van der Waals surface area contributed by atoms with Crippen LogP contribution >= 0.6 is 0 Å². The zero-order valence-electron chi connectivity index (χ0n) is 15.6. The van der Waals surface area contributed by atoms with E-state index in [9.17, 15) is 4.79 Å². The first-order chi connectivity index (χ1) is 12.9. The lowest BCUT2D eigenvalue weighted by Crippen LogP contribution is -2.18. The first-order valence-corrected chi connectivity index (χ1v) is 8.24. The van der Waals surface area contributed by atoms with Crippen molar-refractivity contribution in [1.82, 2.24) is 4.98 Å². The second kappa shape index (κ2) is 7.41. The Morgan fingerprint density at radius 2 is 1.70 bits per heavy atom. The fourth-order valence-corrected chi connectivity index (χ4v) is 2.82. The maximum atomic E-state index is 11.6. The van der Waals surface area contributed by atoms with Gasteiger partial charge in [0.05, 0.1) is 31.0 Å². The summed E-state index contributed by atoms with van der Waals surface area (Å²) < 4.78 is 16.8. The van der Waals surface area contributed by atoms with Crippen LogP contribution in [0.3, 0.4) is 0 Å². The van der Waals surface area contributed by atoms with Gasteiger partial charge < -0.3 is 24.8 Å². The van der Waals surface area contributed by atoms with Crippen LogP contribution in [0, 0.1) is 0 Å². The number of carbonyl (C=O) groups is 1. The molecule has 0 spiro atoms. The van der Waals surface area contributed by atoms with Crippen LogP contribution in [0.4, 0.5) is 5.69 Å². The molecule has 2 aromatic carbocycles. The molecule has 7 heteroatoms. The fraction of sp³-hybridized carbons (Fsp3) is 0.200. The highest BCUT2D eigenvalue weighted by molar-refractivity contribution is 5.99. The number of ether oxygens (including phenoxy) is 3. The largest absolute Gasteiger partial charge is 0.493 e. The molecule has 3 aromatic rings. The van der Waals surface area contributed by atoms with E-state index in [1.807, 2.05) is 25.1 Å². The maximum Gasteiger partial charge on any atom is 0.250 e. The summed E-state index contributed by atoms with van der Waals surface area (Å²) in [6, 6.07) is 10.5. The van der Waals surface area contributed by atoms with E-state index >= 15 is 0 Å². The van der Waals surface area contributed by atoms with E-state index in [1.165, 1.54) is 0 Å². The second-order valence-corrected chi connectivity index (χ2v) is 6.07. The monoisotopic (exact) mass is 367 g/mol. The van der Waals surface area contributed by atoms with Gasteiger partial charge in [-0.1, -0.05) is 0 Å². The Labute approximate surface area is 157 Å². The molecule has 27 heavy (non-hydrogen) atoms. The molecule has 1 heterocycles. The average molecular weight is 367 g/mol. The highest BCUT2D eigenvalue weighted by Crippen LogP contribution is 2.37. The summed E-state index contributed by atoms with van der Waals surface area (Å²) >= 11 is 0. The Kier molecular flexibility index (Phi) is 5.03. The lowest BCUT2D eigenvalue weighted by atomic mass is 10.1. The predicted molar refractivity (Wildman–Crippen MR) is 104 cm³/mol. The summed E-state index contributed by atoms with van der Waals surface area (Å²) in [4.78, 5) is 17.8. The van der Waals surface area contributed by atoms with Crippen LogP contribution in [0.15, 0.2) is 42.6 Å². The quantitative estimate of drug-likeness (QED) is 0.720. The summed E-state index contributed by atoms with van der Waals surface area (Å²) in [6.07, 6.45) is 1.66. The molecule has 2 N–H and O–H groups in total. The molecule has 0 unspecified atom stereocenters. The number of nitrogens with zero attached hydrogens (tertiary/aromatic N) is 2. The van der Waals surface area contributed by atoms with Crippen molar-refractivity contribution in [2.45, 2.75) is 0 Å². The lowest BCUT2D eigenvalue weighted by molar-refractivity contribution is 0.100. The van der Waals surface area contributed by atoms with Gasteiger partial charge in [-0.3, -0.25) is 9.78 Å². The summed E-state index contributed by atoms with van der Waals surface area (Å²) in [5, 5.41) is 0.778. The number of aromatic nitrogens is 1. The molecule has 0 saturated heterocycles. The smallest absolute Gasteiger partial charge is 0.250 e. The zero-order chi connectivity index (χ0) is 19.6. The number of hydrogen-bond acceptors (Lipinski definition) is 6. The summed E-state index contributed by atoms with van der Waals surface area (Å²) in [5.74, 6) is 1.87. The molecule has 1 amide bonds. The van der Waals surface area contributed by atoms with E-state index in [0.29, 0.717) is 39.8 Å². The van der Waals surface area contributed by atoms with Gasteiger partial charge in [0.15, 0.2) is 11.5 Å². The van der Waals surface area contributed by atoms with Crippen molar-refractivity contribution in [3.63, 3.8) is 0 Å². The van der Waals surface area contributed by atoms with Crippen molar-refractivity contribution in [3.8, 4) is 23.0 Å². The molecule has 0 radical (unpaired) electrons. The van der Waals surface area contributed by atoms with Crippen molar-refractivity contribution in [1.29, 1.82) is 0 Å². The average Bonchev–Trinajstić information content (AvgIpc) is 2.66. The van der Waals surface area contributed by atoms with Gasteiger partial charge in [-0.05, 0) is 24.3 Å². The van der Waals surface area contributed by atoms with Crippen molar-refractivity contribution >= 4 is 22.5 Å². The predicted octanol–water partition coefficient (Wildman–Crippen LogP) is 3.21. The lowest BCUT2D eigenvalue weighted by Gasteiger charge is -2.18. The highest BCUT2D eigenvalue weighted by Gasteiger charge is 2.14. The fourth-order valence-electron chi connectivity index (χ4n) is 2.82. The number of fused-ring (bicyclic) bond motifs is 1. The third-order valence-electron chi connectivity index (χ3n) is 4.15. The van der Waals surface area contributed by atoms with E-state index < -0.39 is 5.91 Å². The summed E-state index contributed by atoms with van der Waals surface area (Å²) in [5.41, 5.74) is 7.27. The van der Waals surface area contributed by atoms with Gasteiger partial charge in [0.2, 0.25) is 0 Å². The molecule has 0 aliphatic heterocycles. The topological polar surface area (TPSA) is 86.9 Å². The van der Waals surface area contributed by atoms with Crippen molar-refractivity contribution < 1.29 is 19.0 Å². The van der Waals surface area contributed by atoms with Gasteiger partial charge >= 0.3 is 0 Å². The van der Waals surface area contributed by atoms with Gasteiger partial charge in [0.25, 0.3) is 5.91 Å². The molecule has 3 rings (SSSR count). The molecule has 0 bridgehead atoms. The van der Waals surface area contributed by atoms with Gasteiger partial charge in [0, 0.05) is 37.8 Å². The Morgan fingerprint density at radius 3 is 2.33 bits per heavy atom. The van der Waals surface area contributed by atoms with Crippen molar-refractivity contribution in [3.05, 3.63) is 48.2 Å². The van der Waals surface area contributed by atoms with E-state index in [0.717, 1.165) is 5.39 Å². The first kappa shape index (κ1) is 18.3. The van der Waals surface area contributed by atoms with Crippen LogP contribution in [0.1, 0.15) is 10.4 Å². The minimum atomic E-state index is -0.489. The molecule has 1 aromatic heterocycles. The molecule has 0 aliphatic rings. The minimum Gasteiger partial charge on any atom is -0.493 e. The summed E-state index contributed by atoms with van der Waals surface area (Å²) in [7, 11) is 6.83. The van der Waals surface area contributed by atoms with Crippen LogP contribution < -0.4 is 24.8 Å². The number of carbonyl (C=O) groups excluding carboxylic acids is 1. The molecule has 0 aliphatic carbocycles. The third-order valence-corrected chi connectivity index (χ3v) is 4.15. The normalized spacial score (nSPS) is 10.5. The van der Waals surface area contributed by atoms with Gasteiger partial charge in [0.1, 0.15) is 11.5 Å². The standard InChI is InChI=1S/C20H21N3O4/c1-23(2)16-9-12(5-6-13(16)20(21)24)27-17-7-8-22-15-11-19(26-4)18(25-3)10-14(15)17/h5-11H,1-4H3,(H2,21,24). The molecule has 140 valence electrons. The highest BCUT2D eigenvalue weighted by atomic mass is 16.5. The number of rotatable bonds is 6. The number of benzene rings is 2. The maximum absolute atomic E-state index is 11.6. The molecule has 0 saturated carbocycles. The Morgan fingerprint density at radius 1 is 1.00 bits per heavy atom. The molecule has 7 nitrogen and oxygen atoms in total. The third kappa shape index (κ3) is 3.57. The van der Waals surface area contributed by atoms with Crippen LogP contribution in [-0.4, -0.2) is 39.2 Å². The zero-order valence-corrected chi connectivity index (χ0v) is 15.6. The van der Waals surface area contributed by atoms with Crippen LogP contribution in [0.25, 0.3) is 10.9 Å². The minimum absolute atomic E-state index is 0.429. The van der Waals surface area contributed by atoms with E-state index in [4.69, 9.17) is 19.9 Å². The molecule has 0 atom stereocenters. The van der Waals surface area contributed by atoms with Crippen LogP contribution in [0.2, 0.25) is 0 Å². The van der Waals surface area contributed by atoms with E-state index in [1.54, 1.807) is 50.7 Å². The van der Waals surface area contributed by atoms with E-state index in [-0.39, 0.29) is 0 Å². The SMILES string of the molecule is COc1cc2nccc(Oc3ccc(C(N)=O)c(N(C)C)c3)c2cc1OC. The van der Waals surface area contributed by atoms with Crippen LogP contribution in [-0.2, 0) is 0 Å². The number of primary amides is 1. The van der Waals surface area contributed by atoms with Gasteiger partial charge in [-0.15, -0.1) is 0 Å². The number of anilines is 1. The van der Waals surface area contributed by atoms with Crippen LogP contribution in [0.5, 0.6) is 23.0 Å². The van der Waals surface area contributed by atoms with Gasteiger partial charge in [-0.25, -0.2) is 0 Å². The number of amides is 1. The Balaban J connectivity index is 2.06. The Bertz CT molecular complexity index is 1000. The number of hydrogen-bond donors (Lipinski definition) is 1. The van der Waals surface area contributed by atoms with Gasteiger partial charge in [-0.2, -0.15) is 0 Å². The number of methoxy groups -OCH3 is 2. The molecule has 0 fully saturated rings. The molecular formula is C20H21N3O4. The van der Waals surface area contributed by atoms with E-state index in [2.05, 4.69) is 4.98 Å².